The molecule has 10 N–H and O–H groups in total. The second kappa shape index (κ2) is 28.9. The minimum absolute atomic E-state index is 0.0191. The molecule has 0 spiro atoms. The Morgan fingerprint density at radius 2 is 1.04 bits per heavy atom. The first-order chi connectivity index (χ1) is 43.7. The average Bonchev–Trinajstić information content (AvgIpc) is 1.66. The van der Waals surface area contributed by atoms with Crippen molar-refractivity contribution in [3.63, 3.8) is 0 Å². The van der Waals surface area contributed by atoms with Crippen LogP contribution in [0.4, 0.5) is 32.6 Å². The molecule has 32 nitrogen and oxygen atoms in total. The van der Waals surface area contributed by atoms with Crippen LogP contribution in [0.1, 0.15) is 93.6 Å². The summed E-state index contributed by atoms with van der Waals surface area (Å²) in [5.74, 6) is 8.93. The zero-order valence-electron chi connectivity index (χ0n) is 48.7. The number of nitrogens with two attached hydrogens (primary N) is 2. The highest BCUT2D eigenvalue weighted by atomic mass is 127. The maximum Gasteiger partial charge on any atom is 0.410 e. The van der Waals surface area contributed by atoms with E-state index in [1.165, 1.54) is 46.1 Å². The number of nitro benzene ring substituents is 2. The number of aromatic nitrogens is 8. The van der Waals surface area contributed by atoms with Gasteiger partial charge in [0, 0.05) is 98.0 Å². The smallest absolute Gasteiger partial charge is 0.410 e. The zero-order valence-corrected chi connectivity index (χ0v) is 50.8. The van der Waals surface area contributed by atoms with Gasteiger partial charge in [-0.3, -0.25) is 39.0 Å². The van der Waals surface area contributed by atoms with Crippen molar-refractivity contribution in [2.24, 2.45) is 11.8 Å². The molecule has 2 unspecified atom stereocenters. The number of rotatable bonds is 14. The van der Waals surface area contributed by atoms with Crippen molar-refractivity contribution in [2.75, 3.05) is 37.6 Å². The Balaban J connectivity index is 0.000000166. The number of terminal acetylenes is 1. The third-order valence-corrected chi connectivity index (χ3v) is 16.5. The number of hydrogen-bond donors (Lipinski definition) is 8. The number of piperidine rings is 2. The van der Waals surface area contributed by atoms with Crippen molar-refractivity contribution in [2.45, 2.75) is 139 Å². The maximum absolute atomic E-state index is 12.5. The third kappa shape index (κ3) is 16.0. The summed E-state index contributed by atoms with van der Waals surface area (Å²) < 4.78 is 25.3. The van der Waals surface area contributed by atoms with Gasteiger partial charge in [0.05, 0.1) is 22.5 Å². The van der Waals surface area contributed by atoms with Gasteiger partial charge in [0.15, 0.2) is 51.4 Å². The van der Waals surface area contributed by atoms with E-state index >= 15 is 0 Å². The number of halogens is 1. The van der Waals surface area contributed by atoms with Crippen molar-refractivity contribution < 1.29 is 68.4 Å². The SMILES string of the molecule is C#CCC1CCN(C(=O)OCc2ccc([N+](=O)[O-])cc2)CC1.Nc1nc(C#CCC2CCN(C(=O)OCc3ccc([N+](=O)[O-])cc3)CC2)nc2c1ncn2[C@@H]1O[C@H](C(=O)NC2CC2)C(O)[C@@H]1O.Nc1nc(I)nc2c1ncn2[C@@H]1O[C@H](C(=O)NC2CC2)C(O)[C@@H]1O. The molecule has 8 atom stereocenters. The lowest BCUT2D eigenvalue weighted by Gasteiger charge is -2.30. The Labute approximate surface area is 531 Å². The van der Waals surface area contributed by atoms with Crippen LogP contribution in [0.3, 0.4) is 0 Å². The van der Waals surface area contributed by atoms with Crippen LogP contribution in [0, 0.1) is 60.1 Å². The number of nitrogens with one attached hydrogen (secondary N) is 2. The van der Waals surface area contributed by atoms with Gasteiger partial charge in [0.25, 0.3) is 23.2 Å². The lowest BCUT2D eigenvalue weighted by Crippen LogP contribution is -2.43. The van der Waals surface area contributed by atoms with Crippen LogP contribution in [0.15, 0.2) is 61.2 Å². The molecule has 480 valence electrons. The van der Waals surface area contributed by atoms with Gasteiger partial charge in [-0.25, -0.2) is 39.5 Å². The van der Waals surface area contributed by atoms with E-state index in [1.807, 2.05) is 22.6 Å². The van der Waals surface area contributed by atoms with Crippen molar-refractivity contribution in [3.8, 4) is 24.2 Å². The summed E-state index contributed by atoms with van der Waals surface area (Å²) in [5.41, 5.74) is 14.6. The van der Waals surface area contributed by atoms with Gasteiger partial charge in [0.1, 0.15) is 48.7 Å². The lowest BCUT2D eigenvalue weighted by molar-refractivity contribution is -0.385. The number of aliphatic hydroxyl groups is 4. The highest BCUT2D eigenvalue weighted by Gasteiger charge is 2.50. The number of anilines is 2. The molecule has 4 aromatic heterocycles. The van der Waals surface area contributed by atoms with E-state index in [0.717, 1.165) is 63.4 Å². The van der Waals surface area contributed by atoms with Crippen molar-refractivity contribution in [3.05, 3.63) is 102 Å². The number of benzene rings is 2. The molecule has 6 aliphatic rings. The molecule has 4 aliphatic heterocycles. The van der Waals surface area contributed by atoms with E-state index in [1.54, 1.807) is 34.1 Å². The summed E-state index contributed by atoms with van der Waals surface area (Å²) in [5, 5.41) is 68.6. The molecule has 12 rings (SSSR count). The monoisotopic (exact) mass is 1370 g/mol. The van der Waals surface area contributed by atoms with Crippen LogP contribution < -0.4 is 22.1 Å². The number of nitrogen functional groups attached to an aromatic ring is 2. The van der Waals surface area contributed by atoms with Gasteiger partial charge in [-0.2, -0.15) is 0 Å². The highest BCUT2D eigenvalue weighted by Crippen LogP contribution is 2.35. The fourth-order valence-corrected chi connectivity index (χ4v) is 11.0. The van der Waals surface area contributed by atoms with Crippen LogP contribution in [-0.2, 0) is 41.8 Å². The molecule has 0 radical (unpaired) electrons. The number of non-ortho nitro benzene ring substituents is 2. The summed E-state index contributed by atoms with van der Waals surface area (Å²) in [6.45, 7) is 2.47. The number of imidazole rings is 2. The highest BCUT2D eigenvalue weighted by molar-refractivity contribution is 14.1. The summed E-state index contributed by atoms with van der Waals surface area (Å²) in [4.78, 5) is 98.2. The Kier molecular flexibility index (Phi) is 20.6. The van der Waals surface area contributed by atoms with Crippen molar-refractivity contribution in [1.29, 1.82) is 0 Å². The normalized spacial score (nSPS) is 23.1. The predicted octanol–water partition coefficient (Wildman–Crippen LogP) is 2.88. The van der Waals surface area contributed by atoms with Gasteiger partial charge in [-0.05, 0) is 105 Å². The van der Waals surface area contributed by atoms with E-state index in [9.17, 15) is 59.8 Å². The van der Waals surface area contributed by atoms with Gasteiger partial charge >= 0.3 is 12.2 Å². The summed E-state index contributed by atoms with van der Waals surface area (Å²) in [7, 11) is 0. The van der Waals surface area contributed by atoms with Gasteiger partial charge in [0.2, 0.25) is 5.82 Å². The predicted molar refractivity (Wildman–Crippen MR) is 326 cm³/mol. The zero-order chi connectivity index (χ0) is 64.6. The topological polar surface area (TPSA) is 442 Å². The van der Waals surface area contributed by atoms with Crippen LogP contribution in [0.2, 0.25) is 0 Å². The van der Waals surface area contributed by atoms with Gasteiger partial charge in [-0.15, -0.1) is 12.3 Å². The molecule has 4 amide bonds. The molecule has 6 fully saturated rings. The molecular formula is C58H65IN16O16. The van der Waals surface area contributed by atoms with Crippen molar-refractivity contribution in [1.82, 2.24) is 59.5 Å². The number of carbonyl (C=O) groups is 4. The van der Waals surface area contributed by atoms with Crippen LogP contribution in [0.25, 0.3) is 22.3 Å². The Morgan fingerprint density at radius 3 is 1.46 bits per heavy atom. The molecule has 33 heteroatoms. The van der Waals surface area contributed by atoms with Crippen LogP contribution in [0.5, 0.6) is 0 Å². The largest absolute Gasteiger partial charge is 0.445 e. The van der Waals surface area contributed by atoms with Crippen LogP contribution >= 0.6 is 22.6 Å². The first kappa shape index (κ1) is 65.0. The first-order valence-corrected chi connectivity index (χ1v) is 30.3. The Morgan fingerprint density at radius 1 is 0.626 bits per heavy atom. The molecule has 2 aromatic carbocycles. The van der Waals surface area contributed by atoms with Gasteiger partial charge < -0.3 is 71.3 Å². The number of amides is 4. The molecular weight excluding hydrogens is 1300 g/mol. The first-order valence-electron chi connectivity index (χ1n) is 29.2. The van der Waals surface area contributed by atoms with E-state index in [-0.39, 0.29) is 77.3 Å². The molecule has 6 aromatic rings. The number of ether oxygens (including phenoxy) is 4. The number of nitro groups is 2. The fraction of sp³-hybridized carbons (Fsp3) is 0.483. The molecule has 2 aliphatic carbocycles. The van der Waals surface area contributed by atoms with E-state index < -0.39 is 76.8 Å². The number of carbonyl (C=O) groups excluding carboxylic acids is 4. The van der Waals surface area contributed by atoms with E-state index in [4.69, 9.17) is 36.8 Å². The molecule has 0 bridgehead atoms. The molecule has 2 saturated carbocycles. The Hall–Kier alpha value is -8.97. The van der Waals surface area contributed by atoms with Crippen molar-refractivity contribution >= 4 is 91.9 Å². The number of hydrogen-bond acceptors (Lipinski definition) is 24. The second-order valence-corrected chi connectivity index (χ2v) is 23.6. The van der Waals surface area contributed by atoms with E-state index in [2.05, 4.69) is 58.3 Å². The molecule has 4 saturated heterocycles. The third-order valence-electron chi connectivity index (χ3n) is 16.0. The average molecular weight is 1370 g/mol. The second-order valence-electron chi connectivity index (χ2n) is 22.6. The standard InChI is InChI=1S/C29H32N8O8.C16H18N2O4.C13H15IN6O4/c30-25-21-26(36(15-31-21)28-23(39)22(38)24(45-28)27(40)32-18-6-7-18)34-20(33-25)3-1-2-16-10-12-35(13-11-16)29(41)44-14-17-4-8-19(9-5-17)37(42)43;1-2-3-13-8-10-17(11-9-13)16(19)22-12-14-4-6-15(7-5-14)18(20)21;14-13-18-9(15)5-10(19-13)20(3-16-5)12-7(22)6(21)8(24-12)11(23)17-4-1-2-4/h4-5,8-9,15-16,18,22-24,28,38-39H,2,6-7,10-14H2,(H,32,40)(H2,30,33,34);1,4-7,13H,3,8-12H2;3-4,6-8,12,21-22H,1-2H2,(H,17,23)(H2,15,18,19)/t22?,23-,24-,28+;;6?,7-,8-,12+/m0.0/s1. The van der Waals surface area contributed by atoms with Crippen LogP contribution in [-0.4, -0.2) is 178 Å². The quantitative estimate of drug-likeness (QED) is 0.0255. The number of likely N-dealkylation sites (tertiary alicyclic amines) is 2. The number of nitrogens with zero attached hydrogens (tertiary/aromatic N) is 12. The molecule has 8 heterocycles. The minimum Gasteiger partial charge on any atom is -0.445 e. The molecule has 91 heavy (non-hydrogen) atoms. The summed E-state index contributed by atoms with van der Waals surface area (Å²) >= 11 is 1.91. The fourth-order valence-electron chi connectivity index (χ4n) is 10.5. The number of fused-ring (bicyclic) bond motifs is 2. The number of aliphatic hydroxyl groups excluding tert-OH is 4. The minimum atomic E-state index is -1.44. The maximum atomic E-state index is 12.5. The lowest BCUT2D eigenvalue weighted by atomic mass is 9.94. The Bertz CT molecular complexity index is 3760. The summed E-state index contributed by atoms with van der Waals surface area (Å²) in [6, 6.07) is 12.0. The summed E-state index contributed by atoms with van der Waals surface area (Å²) in [6.07, 6.45) is 5.39. The van der Waals surface area contributed by atoms with Gasteiger partial charge in [-0.1, -0.05) is 5.92 Å². The van der Waals surface area contributed by atoms with E-state index in [0.29, 0.717) is 59.1 Å².